The Bertz CT molecular complexity index is 1050. The zero-order chi connectivity index (χ0) is 22.3. The Labute approximate surface area is 192 Å². The molecule has 2 atom stereocenters. The second-order valence-corrected chi connectivity index (χ2v) is 9.96. The Morgan fingerprint density at radius 3 is 2.44 bits per heavy atom. The van der Waals surface area contributed by atoms with Crippen molar-refractivity contribution in [1.29, 1.82) is 0 Å². The van der Waals surface area contributed by atoms with Gasteiger partial charge in [-0.1, -0.05) is 55.7 Å². The fourth-order valence-corrected chi connectivity index (χ4v) is 6.88. The van der Waals surface area contributed by atoms with Crippen molar-refractivity contribution >= 4 is 40.9 Å². The Hall–Kier alpha value is -2.80. The zero-order valence-corrected chi connectivity index (χ0v) is 18.9. The molecule has 1 N–H and O–H groups in total. The van der Waals surface area contributed by atoms with Gasteiger partial charge in [0.1, 0.15) is 6.04 Å². The van der Waals surface area contributed by atoms with Crippen molar-refractivity contribution in [1.82, 2.24) is 4.90 Å². The maximum absolute atomic E-state index is 14.0. The highest BCUT2D eigenvalue weighted by Crippen LogP contribution is 2.56. The number of thioether (sulfide) groups is 1. The number of nitrogens with zero attached hydrogens (tertiary/aromatic N) is 2. The van der Waals surface area contributed by atoms with E-state index in [0.29, 0.717) is 11.4 Å². The predicted octanol–water partition coefficient (Wildman–Crippen LogP) is 3.98. The van der Waals surface area contributed by atoms with Crippen LogP contribution in [-0.4, -0.2) is 41.5 Å². The summed E-state index contributed by atoms with van der Waals surface area (Å²) in [6.45, 7) is 0. The van der Waals surface area contributed by atoms with Gasteiger partial charge in [-0.05, 0) is 31.0 Å². The fraction of sp³-hybridized carbons (Fsp3) is 0.400. The summed E-state index contributed by atoms with van der Waals surface area (Å²) in [5.41, 5.74) is 2.29. The Balaban J connectivity index is 1.56. The number of anilines is 2. The summed E-state index contributed by atoms with van der Waals surface area (Å²) in [4.78, 5) is 43.1. The highest BCUT2D eigenvalue weighted by molar-refractivity contribution is 8.01. The van der Waals surface area contributed by atoms with Crippen LogP contribution in [0.25, 0.3) is 0 Å². The molecule has 2 unspecified atom stereocenters. The van der Waals surface area contributed by atoms with Gasteiger partial charge in [0.05, 0.1) is 5.69 Å². The molecule has 2 aromatic carbocycles. The van der Waals surface area contributed by atoms with E-state index in [1.807, 2.05) is 54.6 Å². The van der Waals surface area contributed by atoms with Crippen LogP contribution in [0.2, 0.25) is 0 Å². The normalized spacial score (nSPS) is 25.3. The molecule has 0 radical (unpaired) electrons. The van der Waals surface area contributed by atoms with Crippen molar-refractivity contribution in [3.05, 3.63) is 60.2 Å². The lowest BCUT2D eigenvalue weighted by Crippen LogP contribution is -2.57. The minimum absolute atomic E-state index is 0.0682. The van der Waals surface area contributed by atoms with E-state index >= 15 is 0 Å². The Morgan fingerprint density at radius 1 is 1.00 bits per heavy atom. The van der Waals surface area contributed by atoms with E-state index in [-0.39, 0.29) is 23.6 Å². The number of fused-ring (bicyclic) bond motifs is 2. The number of nitrogens with one attached hydrogen (secondary N) is 1. The van der Waals surface area contributed by atoms with E-state index in [1.54, 1.807) is 16.8 Å². The zero-order valence-electron chi connectivity index (χ0n) is 18.1. The third-order valence-corrected chi connectivity index (χ3v) is 8.35. The minimum Gasteiger partial charge on any atom is -0.324 e. The Kier molecular flexibility index (Phi) is 5.45. The number of likely N-dealkylation sites (N-methyl/N-ethyl adjacent to an activating group) is 1. The van der Waals surface area contributed by atoms with Crippen molar-refractivity contribution in [3.63, 3.8) is 0 Å². The molecule has 1 aliphatic carbocycles. The third kappa shape index (κ3) is 3.22. The number of hydrogen-bond acceptors (Lipinski definition) is 4. The van der Waals surface area contributed by atoms with Gasteiger partial charge >= 0.3 is 0 Å². The van der Waals surface area contributed by atoms with E-state index in [4.69, 9.17) is 0 Å². The van der Waals surface area contributed by atoms with Crippen LogP contribution in [0.4, 0.5) is 11.4 Å². The summed E-state index contributed by atoms with van der Waals surface area (Å²) in [6.07, 6.45) is 4.78. The maximum Gasteiger partial charge on any atom is 0.268 e. The number of para-hydroxylation sites is 2. The molecular formula is C25H27N3O3S. The summed E-state index contributed by atoms with van der Waals surface area (Å²) in [6, 6.07) is 16.2. The number of hydrogen-bond donors (Lipinski definition) is 1. The van der Waals surface area contributed by atoms with Crippen molar-refractivity contribution in [2.24, 2.45) is 5.92 Å². The number of amides is 3. The topological polar surface area (TPSA) is 69.7 Å². The van der Waals surface area contributed by atoms with Gasteiger partial charge in [-0.2, -0.15) is 0 Å². The first-order valence-corrected chi connectivity index (χ1v) is 12.2. The monoisotopic (exact) mass is 449 g/mol. The van der Waals surface area contributed by atoms with Crippen LogP contribution in [0.15, 0.2) is 54.6 Å². The van der Waals surface area contributed by atoms with Gasteiger partial charge in [-0.15, -0.1) is 11.8 Å². The molecule has 1 spiro atoms. The predicted molar refractivity (Wildman–Crippen MR) is 126 cm³/mol. The molecule has 2 aliphatic heterocycles. The van der Waals surface area contributed by atoms with Gasteiger partial charge in [-0.25, -0.2) is 0 Å². The Morgan fingerprint density at radius 2 is 1.69 bits per heavy atom. The summed E-state index contributed by atoms with van der Waals surface area (Å²) in [5.74, 6) is -0.226. The molecule has 6 nitrogen and oxygen atoms in total. The first kappa shape index (κ1) is 21.1. The number of benzene rings is 2. The smallest absolute Gasteiger partial charge is 0.268 e. The standard InChI is InChI=1S/C25H27N3O3S/c1-27-20-15-9-8-14-19(20)25(24(27)31)28(23(30)17-10-4-2-5-11-17)21(16-32-25)22(29)26-18-12-6-3-7-13-18/h3,6-9,12-15,17,21H,2,4-5,10-11,16H2,1H3,(H,26,29). The van der Waals surface area contributed by atoms with Crippen LogP contribution in [-0.2, 0) is 19.3 Å². The molecule has 32 heavy (non-hydrogen) atoms. The van der Waals surface area contributed by atoms with Crippen molar-refractivity contribution < 1.29 is 14.4 Å². The van der Waals surface area contributed by atoms with Crippen LogP contribution in [0.5, 0.6) is 0 Å². The van der Waals surface area contributed by atoms with Crippen molar-refractivity contribution in [2.45, 2.75) is 43.0 Å². The van der Waals surface area contributed by atoms with Gasteiger partial charge in [0.25, 0.3) is 5.91 Å². The molecule has 166 valence electrons. The summed E-state index contributed by atoms with van der Waals surface area (Å²) in [7, 11) is 1.75. The number of carbonyl (C=O) groups excluding carboxylic acids is 3. The van der Waals surface area contributed by atoms with E-state index in [2.05, 4.69) is 5.32 Å². The molecule has 1 saturated carbocycles. The van der Waals surface area contributed by atoms with E-state index in [0.717, 1.165) is 43.4 Å². The van der Waals surface area contributed by atoms with Crippen molar-refractivity contribution in [3.8, 4) is 0 Å². The van der Waals surface area contributed by atoms with Crippen LogP contribution in [0.3, 0.4) is 0 Å². The summed E-state index contributed by atoms with van der Waals surface area (Å²) >= 11 is 1.41. The molecular weight excluding hydrogens is 422 g/mol. The van der Waals surface area contributed by atoms with Crippen molar-refractivity contribution in [2.75, 3.05) is 23.0 Å². The molecule has 0 bridgehead atoms. The second-order valence-electron chi connectivity index (χ2n) is 8.75. The highest BCUT2D eigenvalue weighted by atomic mass is 32.2. The van der Waals surface area contributed by atoms with Crippen LogP contribution in [0.1, 0.15) is 37.7 Å². The average Bonchev–Trinajstić information content (AvgIpc) is 3.33. The molecule has 2 aromatic rings. The molecule has 2 heterocycles. The van der Waals surface area contributed by atoms with Gasteiger partial charge < -0.3 is 15.1 Å². The van der Waals surface area contributed by atoms with Gasteiger partial charge in [0.15, 0.2) is 4.87 Å². The number of rotatable bonds is 3. The van der Waals surface area contributed by atoms with Gasteiger partial charge in [0, 0.05) is 30.0 Å². The molecule has 0 aromatic heterocycles. The molecule has 3 amide bonds. The van der Waals surface area contributed by atoms with Gasteiger partial charge in [-0.3, -0.25) is 14.4 Å². The van der Waals surface area contributed by atoms with Gasteiger partial charge in [0.2, 0.25) is 11.8 Å². The lowest BCUT2D eigenvalue weighted by Gasteiger charge is -2.38. The van der Waals surface area contributed by atoms with Crippen LogP contribution in [0, 0.1) is 5.92 Å². The minimum atomic E-state index is -1.18. The highest BCUT2D eigenvalue weighted by Gasteiger charge is 2.63. The van der Waals surface area contributed by atoms with E-state index in [9.17, 15) is 14.4 Å². The molecule has 5 rings (SSSR count). The first-order chi connectivity index (χ1) is 15.5. The van der Waals surface area contributed by atoms with E-state index in [1.165, 1.54) is 11.8 Å². The van der Waals surface area contributed by atoms with Crippen LogP contribution >= 0.6 is 11.8 Å². The fourth-order valence-electron chi connectivity index (χ4n) is 5.23. The largest absolute Gasteiger partial charge is 0.324 e. The molecule has 1 saturated heterocycles. The molecule has 3 aliphatic rings. The quantitative estimate of drug-likeness (QED) is 0.770. The SMILES string of the molecule is CN1C(=O)C2(SCC(C(=O)Nc3ccccc3)N2C(=O)C2CCCCC2)c2ccccc21. The number of carbonyl (C=O) groups is 3. The lowest BCUT2D eigenvalue weighted by atomic mass is 9.87. The maximum atomic E-state index is 14.0. The molecule has 7 heteroatoms. The summed E-state index contributed by atoms with van der Waals surface area (Å²) < 4.78 is 0. The second kappa shape index (κ2) is 8.28. The third-order valence-electron chi connectivity index (χ3n) is 6.86. The lowest BCUT2D eigenvalue weighted by molar-refractivity contribution is -0.149. The van der Waals surface area contributed by atoms with E-state index < -0.39 is 10.9 Å². The summed E-state index contributed by atoms with van der Waals surface area (Å²) in [5, 5.41) is 2.96. The van der Waals surface area contributed by atoms with Crippen LogP contribution < -0.4 is 10.2 Å². The molecule has 2 fully saturated rings. The average molecular weight is 450 g/mol. The first-order valence-electron chi connectivity index (χ1n) is 11.2.